The number of hydrogen-bond donors (Lipinski definition) is 2. The van der Waals surface area contributed by atoms with Gasteiger partial charge < -0.3 is 15.5 Å². The van der Waals surface area contributed by atoms with Crippen LogP contribution in [0.4, 0.5) is 11.8 Å². The van der Waals surface area contributed by atoms with Gasteiger partial charge in [0.05, 0.1) is 0 Å². The van der Waals surface area contributed by atoms with Crippen molar-refractivity contribution in [2.45, 2.75) is 73.5 Å². The molecule has 2 N–H and O–H groups in total. The molecule has 1 atom stereocenters. The van der Waals surface area contributed by atoms with Crippen molar-refractivity contribution in [2.75, 3.05) is 23.3 Å². The average Bonchev–Trinajstić information content (AvgIpc) is 3.39. The molecule has 7 nitrogen and oxygen atoms in total. The highest BCUT2D eigenvalue weighted by molar-refractivity contribution is 7.99. The minimum Gasteiger partial charge on any atom is -0.361 e. The Morgan fingerprint density at radius 1 is 1.11 bits per heavy atom. The summed E-state index contributed by atoms with van der Waals surface area (Å²) in [5.74, 6) is 1.39. The Morgan fingerprint density at radius 2 is 1.86 bits per heavy atom. The molecule has 0 unspecified atom stereocenters. The lowest BCUT2D eigenvalue weighted by molar-refractivity contribution is 0.435. The number of aromatic nitrogens is 4. The molecule has 1 saturated carbocycles. The molecule has 0 radical (unpaired) electrons. The fourth-order valence-corrected chi connectivity index (χ4v) is 6.36. The Morgan fingerprint density at radius 3 is 2.59 bits per heavy atom. The van der Waals surface area contributed by atoms with E-state index in [9.17, 15) is 0 Å². The maximum Gasteiger partial charge on any atom is 0.232 e. The van der Waals surface area contributed by atoms with Crippen molar-refractivity contribution in [2.24, 2.45) is 0 Å². The van der Waals surface area contributed by atoms with E-state index in [2.05, 4.69) is 44.6 Å². The first-order valence-electron chi connectivity index (χ1n) is 12.9. The van der Waals surface area contributed by atoms with Crippen molar-refractivity contribution in [3.05, 3.63) is 59.4 Å². The quantitative estimate of drug-likeness (QED) is 0.200. The summed E-state index contributed by atoms with van der Waals surface area (Å²) in [6, 6.07) is 12.5. The fraction of sp³-hybridized carbons (Fsp3) is 0.444. The smallest absolute Gasteiger partial charge is 0.232 e. The van der Waals surface area contributed by atoms with Crippen molar-refractivity contribution in [1.82, 2.24) is 25.3 Å². The fourth-order valence-electron chi connectivity index (χ4n) is 5.36. The van der Waals surface area contributed by atoms with Crippen molar-refractivity contribution in [3.8, 4) is 0 Å². The molecule has 37 heavy (non-hydrogen) atoms. The highest BCUT2D eigenvalue weighted by Gasteiger charge is 2.35. The molecule has 0 bridgehead atoms. The number of nitrogens with one attached hydrogen (secondary N) is 2. The summed E-state index contributed by atoms with van der Waals surface area (Å²) >= 11 is 13.3. The second-order valence-electron chi connectivity index (χ2n) is 9.86. The Kier molecular flexibility index (Phi) is 8.42. The van der Waals surface area contributed by atoms with E-state index >= 15 is 0 Å². The average molecular weight is 554 g/mol. The first kappa shape index (κ1) is 26.1. The molecule has 1 saturated heterocycles. The molecule has 0 spiro atoms. The zero-order chi connectivity index (χ0) is 25.7. The monoisotopic (exact) mass is 553 g/mol. The van der Waals surface area contributed by atoms with Gasteiger partial charge in [-0.05, 0) is 86.8 Å². The van der Waals surface area contributed by atoms with Crippen LogP contribution in [0.1, 0.15) is 57.4 Å². The topological polar surface area (TPSA) is 78.9 Å². The standard InChI is InChI=1S/C27H32ClN7S2/c1-19-7-2-5-16-35(19)22-17-23(37-26-29-14-6-15-30-26)33-24(32-22)34-25(36)31-18-27(12-3-4-13-27)20-8-10-21(28)11-9-20/h6,8-11,14-15,17,19H,2-5,7,12-13,16,18H2,1H3,(H2,31,32,33,34,36)/t19-/m0/s1. The third-order valence-electron chi connectivity index (χ3n) is 7.35. The van der Waals surface area contributed by atoms with E-state index in [0.29, 0.717) is 22.3 Å². The zero-order valence-corrected chi connectivity index (χ0v) is 23.4. The van der Waals surface area contributed by atoms with E-state index in [0.717, 1.165) is 54.6 Å². The molecular weight excluding hydrogens is 522 g/mol. The Bertz CT molecular complexity index is 1200. The summed E-state index contributed by atoms with van der Waals surface area (Å²) < 4.78 is 0. The van der Waals surface area contributed by atoms with Crippen LogP contribution in [0.15, 0.2) is 59.0 Å². The summed E-state index contributed by atoms with van der Waals surface area (Å²) in [7, 11) is 0. The van der Waals surface area contributed by atoms with Gasteiger partial charge in [0.2, 0.25) is 5.95 Å². The Hall–Kier alpha value is -2.49. The maximum atomic E-state index is 6.15. The maximum absolute atomic E-state index is 6.15. The summed E-state index contributed by atoms with van der Waals surface area (Å²) in [6.45, 7) is 3.99. The molecule has 3 aromatic rings. The minimum absolute atomic E-state index is 0.0495. The lowest BCUT2D eigenvalue weighted by atomic mass is 9.79. The predicted octanol–water partition coefficient (Wildman–Crippen LogP) is 6.25. The molecule has 2 aliphatic rings. The van der Waals surface area contributed by atoms with E-state index in [1.165, 1.54) is 36.6 Å². The minimum atomic E-state index is 0.0495. The van der Waals surface area contributed by atoms with Crippen LogP contribution in [-0.2, 0) is 5.41 Å². The number of rotatable bonds is 7. The van der Waals surface area contributed by atoms with Gasteiger partial charge in [0.15, 0.2) is 10.3 Å². The SMILES string of the molecule is C[C@H]1CCCCN1c1cc(Sc2ncccn2)nc(NC(=S)NCC2(c3ccc(Cl)cc3)CCCC2)n1. The Labute approximate surface area is 233 Å². The molecule has 1 aromatic carbocycles. The molecule has 1 aliphatic heterocycles. The van der Waals surface area contributed by atoms with Gasteiger partial charge in [-0.1, -0.05) is 36.6 Å². The molecule has 194 valence electrons. The van der Waals surface area contributed by atoms with Crippen LogP contribution in [0.3, 0.4) is 0 Å². The summed E-state index contributed by atoms with van der Waals surface area (Å²) in [5, 5.41) is 9.45. The van der Waals surface area contributed by atoms with Crippen molar-refractivity contribution < 1.29 is 0 Å². The highest BCUT2D eigenvalue weighted by Crippen LogP contribution is 2.41. The first-order valence-corrected chi connectivity index (χ1v) is 14.5. The normalized spacial score (nSPS) is 19.0. The lowest BCUT2D eigenvalue weighted by Crippen LogP contribution is -2.41. The molecule has 5 rings (SSSR count). The Balaban J connectivity index is 1.33. The first-order chi connectivity index (χ1) is 18.0. The van der Waals surface area contributed by atoms with Crippen LogP contribution in [0.5, 0.6) is 0 Å². The van der Waals surface area contributed by atoms with Gasteiger partial charge in [-0.2, -0.15) is 4.98 Å². The second-order valence-corrected chi connectivity index (χ2v) is 11.7. The van der Waals surface area contributed by atoms with E-state index in [1.54, 1.807) is 12.4 Å². The number of anilines is 2. The lowest BCUT2D eigenvalue weighted by Gasteiger charge is -2.34. The highest BCUT2D eigenvalue weighted by atomic mass is 35.5. The van der Waals surface area contributed by atoms with Gasteiger partial charge in [0.1, 0.15) is 10.8 Å². The largest absolute Gasteiger partial charge is 0.361 e. The van der Waals surface area contributed by atoms with Crippen molar-refractivity contribution in [1.29, 1.82) is 0 Å². The predicted molar refractivity (Wildman–Crippen MR) is 155 cm³/mol. The van der Waals surface area contributed by atoms with Crippen LogP contribution in [0.2, 0.25) is 5.02 Å². The van der Waals surface area contributed by atoms with Crippen LogP contribution < -0.4 is 15.5 Å². The van der Waals surface area contributed by atoms with Crippen LogP contribution in [0.25, 0.3) is 0 Å². The second kappa shape index (κ2) is 11.9. The van der Waals surface area contributed by atoms with Crippen LogP contribution >= 0.6 is 35.6 Å². The number of hydrogen-bond acceptors (Lipinski definition) is 7. The van der Waals surface area contributed by atoms with Gasteiger partial charge in [0.25, 0.3) is 0 Å². The van der Waals surface area contributed by atoms with Gasteiger partial charge in [-0.25, -0.2) is 15.0 Å². The zero-order valence-electron chi connectivity index (χ0n) is 21.0. The number of nitrogens with zero attached hydrogens (tertiary/aromatic N) is 5. The summed E-state index contributed by atoms with van der Waals surface area (Å²) in [6.07, 6.45) is 11.7. The van der Waals surface area contributed by atoms with Gasteiger partial charge >= 0.3 is 0 Å². The molecule has 0 amide bonds. The molecule has 10 heteroatoms. The third kappa shape index (κ3) is 6.51. The number of thiocarbonyl (C=S) groups is 1. The van der Waals surface area contributed by atoms with Gasteiger partial charge in [0, 0.05) is 48.0 Å². The number of benzene rings is 1. The molecular formula is C27H32ClN7S2. The van der Waals surface area contributed by atoms with E-state index in [-0.39, 0.29) is 5.41 Å². The van der Waals surface area contributed by atoms with E-state index in [1.807, 2.05) is 24.3 Å². The van der Waals surface area contributed by atoms with E-state index < -0.39 is 0 Å². The summed E-state index contributed by atoms with van der Waals surface area (Å²) in [5.41, 5.74) is 1.36. The summed E-state index contributed by atoms with van der Waals surface area (Å²) in [4.78, 5) is 20.7. The van der Waals surface area contributed by atoms with Crippen LogP contribution in [0, 0.1) is 0 Å². The van der Waals surface area contributed by atoms with Crippen molar-refractivity contribution in [3.63, 3.8) is 0 Å². The molecule has 3 heterocycles. The molecule has 2 fully saturated rings. The molecule has 2 aromatic heterocycles. The number of piperidine rings is 1. The third-order valence-corrected chi connectivity index (χ3v) is 8.66. The van der Waals surface area contributed by atoms with Crippen molar-refractivity contribution >= 4 is 52.5 Å². The van der Waals surface area contributed by atoms with Crippen LogP contribution in [-0.4, -0.2) is 44.2 Å². The molecule has 1 aliphatic carbocycles. The number of halogens is 1. The van der Waals surface area contributed by atoms with Gasteiger partial charge in [-0.3, -0.25) is 0 Å². The van der Waals surface area contributed by atoms with E-state index in [4.69, 9.17) is 33.8 Å². The van der Waals surface area contributed by atoms with Gasteiger partial charge in [-0.15, -0.1) is 0 Å².